The van der Waals surface area contributed by atoms with Crippen LogP contribution < -0.4 is 0 Å². The summed E-state index contributed by atoms with van der Waals surface area (Å²) < 4.78 is 12.0. The summed E-state index contributed by atoms with van der Waals surface area (Å²) in [5.41, 5.74) is 0.302. The summed E-state index contributed by atoms with van der Waals surface area (Å²) in [6.45, 7) is 8.30. The number of carbonyl (C=O) groups excluding carboxylic acids is 1. The second-order valence-electron chi connectivity index (χ2n) is 5.08. The molecule has 108 valence electrons. The standard InChI is InChI=1S/C12H21N3O4/c1-9-10(11(17)19-12(2,3)4)13-14-15(9)5-7-18-8-6-16/h16H,5-8H2,1-4H3. The number of esters is 1. The molecule has 0 fully saturated rings. The Balaban J connectivity index is 2.62. The van der Waals surface area contributed by atoms with Crippen molar-refractivity contribution in [3.63, 3.8) is 0 Å². The Morgan fingerprint density at radius 1 is 1.37 bits per heavy atom. The lowest BCUT2D eigenvalue weighted by Gasteiger charge is -2.18. The zero-order valence-electron chi connectivity index (χ0n) is 11.8. The van der Waals surface area contributed by atoms with Crippen LogP contribution in [0.3, 0.4) is 0 Å². The van der Waals surface area contributed by atoms with Crippen molar-refractivity contribution in [3.05, 3.63) is 11.4 Å². The molecule has 0 unspecified atom stereocenters. The molecule has 7 nitrogen and oxygen atoms in total. The maximum Gasteiger partial charge on any atom is 0.361 e. The summed E-state index contributed by atoms with van der Waals surface area (Å²) in [5, 5.41) is 16.3. The van der Waals surface area contributed by atoms with E-state index in [4.69, 9.17) is 14.6 Å². The van der Waals surface area contributed by atoms with Crippen molar-refractivity contribution in [1.29, 1.82) is 0 Å². The topological polar surface area (TPSA) is 86.5 Å². The van der Waals surface area contributed by atoms with Gasteiger partial charge in [0.2, 0.25) is 0 Å². The van der Waals surface area contributed by atoms with Gasteiger partial charge >= 0.3 is 5.97 Å². The highest BCUT2D eigenvalue weighted by atomic mass is 16.6. The molecule has 1 aromatic heterocycles. The zero-order valence-corrected chi connectivity index (χ0v) is 11.8. The second kappa shape index (κ2) is 6.63. The van der Waals surface area contributed by atoms with Crippen LogP contribution in [0.2, 0.25) is 0 Å². The number of aliphatic hydroxyl groups excluding tert-OH is 1. The third-order valence-corrected chi connectivity index (χ3v) is 2.26. The van der Waals surface area contributed by atoms with Crippen LogP contribution in [0.15, 0.2) is 0 Å². The van der Waals surface area contributed by atoms with E-state index in [0.29, 0.717) is 18.8 Å². The van der Waals surface area contributed by atoms with Crippen molar-refractivity contribution in [2.24, 2.45) is 0 Å². The van der Waals surface area contributed by atoms with Crippen LogP contribution in [0.4, 0.5) is 0 Å². The first kappa shape index (κ1) is 15.6. The van der Waals surface area contributed by atoms with Crippen molar-refractivity contribution in [3.8, 4) is 0 Å². The fraction of sp³-hybridized carbons (Fsp3) is 0.750. The number of hydrogen-bond donors (Lipinski definition) is 1. The Bertz CT molecular complexity index is 423. The SMILES string of the molecule is Cc1c(C(=O)OC(C)(C)C)nnn1CCOCCO. The summed E-state index contributed by atoms with van der Waals surface area (Å²) in [6.07, 6.45) is 0. The van der Waals surface area contributed by atoms with Crippen LogP contribution in [0.5, 0.6) is 0 Å². The molecule has 0 amide bonds. The number of carbonyl (C=O) groups is 1. The van der Waals surface area contributed by atoms with Crippen LogP contribution in [0.1, 0.15) is 37.0 Å². The molecule has 0 bridgehead atoms. The molecule has 0 spiro atoms. The highest BCUT2D eigenvalue weighted by Crippen LogP contribution is 2.13. The molecule has 0 aliphatic carbocycles. The molecule has 0 aliphatic rings. The van der Waals surface area contributed by atoms with Gasteiger partial charge < -0.3 is 14.6 Å². The molecule has 0 aromatic carbocycles. The first-order chi connectivity index (χ1) is 8.85. The monoisotopic (exact) mass is 271 g/mol. The molecule has 19 heavy (non-hydrogen) atoms. The largest absolute Gasteiger partial charge is 0.455 e. The normalized spacial score (nSPS) is 11.6. The van der Waals surface area contributed by atoms with E-state index < -0.39 is 11.6 Å². The van der Waals surface area contributed by atoms with Crippen molar-refractivity contribution >= 4 is 5.97 Å². The number of hydrogen-bond acceptors (Lipinski definition) is 6. The summed E-state index contributed by atoms with van der Waals surface area (Å²) >= 11 is 0. The average Bonchev–Trinajstić information content (AvgIpc) is 2.64. The molecule has 0 saturated carbocycles. The number of rotatable bonds is 6. The highest BCUT2D eigenvalue weighted by molar-refractivity contribution is 5.88. The molecule has 0 radical (unpaired) electrons. The van der Waals surface area contributed by atoms with E-state index in [0.717, 1.165) is 0 Å². The van der Waals surface area contributed by atoms with E-state index in [-0.39, 0.29) is 18.9 Å². The Kier molecular flexibility index (Phi) is 5.44. The van der Waals surface area contributed by atoms with Crippen molar-refractivity contribution in [1.82, 2.24) is 15.0 Å². The number of aliphatic hydroxyl groups is 1. The van der Waals surface area contributed by atoms with Crippen LogP contribution >= 0.6 is 0 Å². The molecular weight excluding hydrogens is 250 g/mol. The first-order valence-electron chi connectivity index (χ1n) is 6.17. The Hall–Kier alpha value is -1.47. The van der Waals surface area contributed by atoms with Gasteiger partial charge in [0.15, 0.2) is 5.69 Å². The van der Waals surface area contributed by atoms with Gasteiger partial charge in [0, 0.05) is 0 Å². The summed E-state index contributed by atoms with van der Waals surface area (Å²) in [6, 6.07) is 0. The molecule has 7 heteroatoms. The second-order valence-corrected chi connectivity index (χ2v) is 5.08. The zero-order chi connectivity index (χ0) is 14.5. The lowest BCUT2D eigenvalue weighted by molar-refractivity contribution is 0.00618. The summed E-state index contributed by atoms with van der Waals surface area (Å²) in [5.74, 6) is -0.479. The first-order valence-corrected chi connectivity index (χ1v) is 6.17. The van der Waals surface area contributed by atoms with Gasteiger partial charge in [-0.15, -0.1) is 5.10 Å². The smallest absolute Gasteiger partial charge is 0.361 e. The lowest BCUT2D eigenvalue weighted by Crippen LogP contribution is -2.24. The Labute approximate surface area is 112 Å². The van der Waals surface area contributed by atoms with E-state index in [1.54, 1.807) is 32.4 Å². The summed E-state index contributed by atoms with van der Waals surface area (Å²) in [4.78, 5) is 11.9. The van der Waals surface area contributed by atoms with Crippen LogP contribution in [0.25, 0.3) is 0 Å². The van der Waals surface area contributed by atoms with Crippen molar-refractivity contribution in [2.45, 2.75) is 39.8 Å². The minimum absolute atomic E-state index is 0.0144. The fourth-order valence-corrected chi connectivity index (χ4v) is 1.41. The van der Waals surface area contributed by atoms with Crippen LogP contribution in [0, 0.1) is 6.92 Å². The molecule has 1 rings (SSSR count). The maximum atomic E-state index is 11.9. The molecule has 0 atom stereocenters. The lowest BCUT2D eigenvalue weighted by atomic mass is 10.2. The fourth-order valence-electron chi connectivity index (χ4n) is 1.41. The van der Waals surface area contributed by atoms with Gasteiger partial charge in [-0.25, -0.2) is 9.48 Å². The molecule has 1 aromatic rings. The number of ether oxygens (including phenoxy) is 2. The number of nitrogens with zero attached hydrogens (tertiary/aromatic N) is 3. The Morgan fingerprint density at radius 2 is 2.05 bits per heavy atom. The van der Waals surface area contributed by atoms with E-state index in [1.807, 2.05) is 0 Å². The van der Waals surface area contributed by atoms with Gasteiger partial charge in [-0.1, -0.05) is 5.21 Å². The van der Waals surface area contributed by atoms with Crippen molar-refractivity contribution < 1.29 is 19.4 Å². The number of aromatic nitrogens is 3. The van der Waals surface area contributed by atoms with Gasteiger partial charge in [0.25, 0.3) is 0 Å². The minimum Gasteiger partial charge on any atom is -0.455 e. The third-order valence-electron chi connectivity index (χ3n) is 2.26. The van der Waals surface area contributed by atoms with Gasteiger partial charge in [-0.2, -0.15) is 0 Å². The highest BCUT2D eigenvalue weighted by Gasteiger charge is 2.23. The van der Waals surface area contributed by atoms with E-state index in [2.05, 4.69) is 10.3 Å². The van der Waals surface area contributed by atoms with E-state index >= 15 is 0 Å². The summed E-state index contributed by atoms with van der Waals surface area (Å²) in [7, 11) is 0. The minimum atomic E-state index is -0.558. The van der Waals surface area contributed by atoms with Gasteiger partial charge in [0.1, 0.15) is 5.60 Å². The van der Waals surface area contributed by atoms with E-state index in [1.165, 1.54) is 0 Å². The quantitative estimate of drug-likeness (QED) is 0.600. The average molecular weight is 271 g/mol. The predicted molar refractivity (Wildman–Crippen MR) is 67.8 cm³/mol. The molecule has 1 N–H and O–H groups in total. The third kappa shape index (κ3) is 4.96. The van der Waals surface area contributed by atoms with E-state index in [9.17, 15) is 4.79 Å². The molecular formula is C12H21N3O4. The predicted octanol–water partition coefficient (Wildman–Crippen LogP) is 0.551. The Morgan fingerprint density at radius 3 is 2.63 bits per heavy atom. The molecule has 0 saturated heterocycles. The van der Waals surface area contributed by atoms with Gasteiger partial charge in [0.05, 0.1) is 32.1 Å². The molecule has 1 heterocycles. The van der Waals surface area contributed by atoms with Crippen LogP contribution in [-0.2, 0) is 16.0 Å². The maximum absolute atomic E-state index is 11.9. The molecule has 0 aliphatic heterocycles. The van der Waals surface area contributed by atoms with Gasteiger partial charge in [-0.3, -0.25) is 0 Å². The van der Waals surface area contributed by atoms with Crippen molar-refractivity contribution in [2.75, 3.05) is 19.8 Å². The van der Waals surface area contributed by atoms with Crippen LogP contribution in [-0.4, -0.2) is 51.5 Å². The van der Waals surface area contributed by atoms with Gasteiger partial charge in [-0.05, 0) is 27.7 Å².